The molecule has 2 rings (SSSR count). The number of morpholine rings is 1. The first-order valence-electron chi connectivity index (χ1n) is 11.4. The molecule has 0 spiro atoms. The van der Waals surface area contributed by atoms with Gasteiger partial charge in [-0.3, -0.25) is 9.89 Å². The predicted molar refractivity (Wildman–Crippen MR) is 140 cm³/mol. The SMILES string of the molecule is CCCN(CC)CCNC(=NCC(c1ccc(OC)cc1)N1CCOCC1)NCC.I. The predicted octanol–water partition coefficient (Wildman–Crippen LogP) is 2.97. The van der Waals surface area contributed by atoms with Crippen LogP contribution in [0.2, 0.25) is 0 Å². The zero-order chi connectivity index (χ0) is 21.6. The van der Waals surface area contributed by atoms with Crippen LogP contribution in [0.1, 0.15) is 38.8 Å². The lowest BCUT2D eigenvalue weighted by Crippen LogP contribution is -2.43. The van der Waals surface area contributed by atoms with Crippen LogP contribution in [0.5, 0.6) is 5.75 Å². The van der Waals surface area contributed by atoms with Crippen molar-refractivity contribution in [1.29, 1.82) is 0 Å². The van der Waals surface area contributed by atoms with Crippen molar-refractivity contribution in [2.75, 3.05) is 72.7 Å². The van der Waals surface area contributed by atoms with Gasteiger partial charge in [-0.25, -0.2) is 0 Å². The molecule has 178 valence electrons. The summed E-state index contributed by atoms with van der Waals surface area (Å²) in [6, 6.07) is 8.59. The first kappa shape index (κ1) is 27.9. The van der Waals surface area contributed by atoms with Gasteiger partial charge in [0.25, 0.3) is 0 Å². The molecule has 1 aromatic rings. The van der Waals surface area contributed by atoms with Gasteiger partial charge < -0.3 is 25.0 Å². The second kappa shape index (κ2) is 16.5. The molecule has 1 fully saturated rings. The van der Waals surface area contributed by atoms with E-state index in [1.165, 1.54) is 12.0 Å². The molecule has 7 nitrogen and oxygen atoms in total. The Kier molecular flexibility index (Phi) is 14.9. The van der Waals surface area contributed by atoms with E-state index in [1.807, 2.05) is 12.1 Å². The number of nitrogens with one attached hydrogen (secondary N) is 2. The number of nitrogens with zero attached hydrogens (tertiary/aromatic N) is 3. The topological polar surface area (TPSA) is 61.4 Å². The van der Waals surface area contributed by atoms with Gasteiger partial charge in [-0.05, 0) is 44.1 Å². The first-order valence-corrected chi connectivity index (χ1v) is 11.4. The highest BCUT2D eigenvalue weighted by molar-refractivity contribution is 14.0. The van der Waals surface area contributed by atoms with Gasteiger partial charge in [-0.15, -0.1) is 24.0 Å². The van der Waals surface area contributed by atoms with Crippen molar-refractivity contribution in [1.82, 2.24) is 20.4 Å². The van der Waals surface area contributed by atoms with Crippen molar-refractivity contribution in [2.24, 2.45) is 4.99 Å². The minimum atomic E-state index is 0. The Morgan fingerprint density at radius 1 is 1.13 bits per heavy atom. The van der Waals surface area contributed by atoms with Gasteiger partial charge in [-0.1, -0.05) is 26.0 Å². The van der Waals surface area contributed by atoms with E-state index in [0.717, 1.165) is 70.7 Å². The Morgan fingerprint density at radius 2 is 1.84 bits per heavy atom. The largest absolute Gasteiger partial charge is 0.497 e. The molecular formula is C23H42IN5O2. The molecule has 0 bridgehead atoms. The zero-order valence-electron chi connectivity index (χ0n) is 19.7. The Morgan fingerprint density at radius 3 is 2.42 bits per heavy atom. The lowest BCUT2D eigenvalue weighted by atomic mass is 10.0. The summed E-state index contributed by atoms with van der Waals surface area (Å²) >= 11 is 0. The summed E-state index contributed by atoms with van der Waals surface area (Å²) in [5, 5.41) is 6.90. The van der Waals surface area contributed by atoms with Crippen molar-refractivity contribution < 1.29 is 9.47 Å². The fourth-order valence-corrected chi connectivity index (χ4v) is 3.74. The van der Waals surface area contributed by atoms with Gasteiger partial charge >= 0.3 is 0 Å². The number of halogens is 1. The highest BCUT2D eigenvalue weighted by Crippen LogP contribution is 2.24. The number of aliphatic imine (C=N–C) groups is 1. The lowest BCUT2D eigenvalue weighted by molar-refractivity contribution is 0.0179. The van der Waals surface area contributed by atoms with E-state index in [0.29, 0.717) is 6.54 Å². The summed E-state index contributed by atoms with van der Waals surface area (Å²) in [7, 11) is 1.70. The summed E-state index contributed by atoms with van der Waals surface area (Å²) < 4.78 is 10.9. The van der Waals surface area contributed by atoms with Gasteiger partial charge in [0.2, 0.25) is 0 Å². The average Bonchev–Trinajstić information content (AvgIpc) is 2.79. The average molecular weight is 548 g/mol. The van der Waals surface area contributed by atoms with Gasteiger partial charge in [0.15, 0.2) is 5.96 Å². The maximum atomic E-state index is 5.57. The van der Waals surface area contributed by atoms with Crippen molar-refractivity contribution in [2.45, 2.75) is 33.2 Å². The summed E-state index contributed by atoms with van der Waals surface area (Å²) in [5.74, 6) is 1.77. The second-order valence-corrected chi connectivity index (χ2v) is 7.52. The van der Waals surface area contributed by atoms with Gasteiger partial charge in [0.05, 0.1) is 32.9 Å². The van der Waals surface area contributed by atoms with Gasteiger partial charge in [-0.2, -0.15) is 0 Å². The molecule has 1 heterocycles. The van der Waals surface area contributed by atoms with E-state index in [9.17, 15) is 0 Å². The van der Waals surface area contributed by atoms with Crippen molar-refractivity contribution in [3.63, 3.8) is 0 Å². The van der Waals surface area contributed by atoms with Crippen molar-refractivity contribution in [3.05, 3.63) is 29.8 Å². The summed E-state index contributed by atoms with van der Waals surface area (Å²) in [6.07, 6.45) is 1.19. The van der Waals surface area contributed by atoms with Crippen molar-refractivity contribution in [3.8, 4) is 5.75 Å². The quantitative estimate of drug-likeness (QED) is 0.239. The van der Waals surface area contributed by atoms with Crippen LogP contribution in [0.25, 0.3) is 0 Å². The molecule has 31 heavy (non-hydrogen) atoms. The third-order valence-electron chi connectivity index (χ3n) is 5.46. The second-order valence-electron chi connectivity index (χ2n) is 7.52. The Balaban J connectivity index is 0.00000480. The van der Waals surface area contributed by atoms with Crippen molar-refractivity contribution >= 4 is 29.9 Å². The molecule has 1 aromatic carbocycles. The highest BCUT2D eigenvalue weighted by Gasteiger charge is 2.22. The number of guanidine groups is 1. The third-order valence-corrected chi connectivity index (χ3v) is 5.46. The zero-order valence-corrected chi connectivity index (χ0v) is 22.1. The van der Waals surface area contributed by atoms with Crippen LogP contribution in [0, 0.1) is 0 Å². The maximum Gasteiger partial charge on any atom is 0.191 e. The number of ether oxygens (including phenoxy) is 2. The smallest absolute Gasteiger partial charge is 0.191 e. The van der Waals surface area contributed by atoms with E-state index in [4.69, 9.17) is 14.5 Å². The molecule has 0 radical (unpaired) electrons. The number of methoxy groups -OCH3 is 1. The highest BCUT2D eigenvalue weighted by atomic mass is 127. The van der Waals surface area contributed by atoms with E-state index in [-0.39, 0.29) is 30.0 Å². The number of benzene rings is 1. The van der Waals surface area contributed by atoms with Crippen LogP contribution < -0.4 is 15.4 Å². The van der Waals surface area contributed by atoms with Crippen LogP contribution in [0.3, 0.4) is 0 Å². The van der Waals surface area contributed by atoms with Crippen LogP contribution >= 0.6 is 24.0 Å². The Labute approximate surface area is 206 Å². The molecule has 2 N–H and O–H groups in total. The molecule has 1 unspecified atom stereocenters. The number of rotatable bonds is 12. The number of hydrogen-bond acceptors (Lipinski definition) is 5. The number of hydrogen-bond donors (Lipinski definition) is 2. The van der Waals surface area contributed by atoms with E-state index < -0.39 is 0 Å². The minimum Gasteiger partial charge on any atom is -0.497 e. The monoisotopic (exact) mass is 547 g/mol. The standard InChI is InChI=1S/C23H41N5O2.HI/c1-5-13-27(7-3)14-12-25-23(24-6-2)26-19-22(28-15-17-30-18-16-28)20-8-10-21(29-4)11-9-20;/h8-11,22H,5-7,12-19H2,1-4H3,(H2,24,25,26);1H. The molecule has 1 aliphatic heterocycles. The summed E-state index contributed by atoms with van der Waals surface area (Å²) in [6.45, 7) is 15.7. The maximum absolute atomic E-state index is 5.57. The molecular weight excluding hydrogens is 505 g/mol. The first-order chi connectivity index (χ1) is 14.7. The molecule has 0 aliphatic carbocycles. The lowest BCUT2D eigenvalue weighted by Gasteiger charge is -2.34. The number of likely N-dealkylation sites (N-methyl/N-ethyl adjacent to an activating group) is 1. The molecule has 0 aromatic heterocycles. The molecule has 0 amide bonds. The van der Waals surface area contributed by atoms with Crippen LogP contribution in [-0.2, 0) is 4.74 Å². The minimum absolute atomic E-state index is 0. The van der Waals surface area contributed by atoms with Crippen LogP contribution in [0.4, 0.5) is 0 Å². The normalized spacial score (nSPS) is 16.0. The Hall–Kier alpha value is -1.10. The fraction of sp³-hybridized carbons (Fsp3) is 0.696. The molecule has 1 saturated heterocycles. The molecule has 1 atom stereocenters. The van der Waals surface area contributed by atoms with Crippen LogP contribution in [-0.4, -0.2) is 88.4 Å². The van der Waals surface area contributed by atoms with E-state index in [1.54, 1.807) is 7.11 Å². The summed E-state index contributed by atoms with van der Waals surface area (Å²) in [5.41, 5.74) is 1.26. The molecule has 8 heteroatoms. The van der Waals surface area contributed by atoms with Gasteiger partial charge in [0.1, 0.15) is 5.75 Å². The van der Waals surface area contributed by atoms with Gasteiger partial charge in [0, 0.05) is 32.7 Å². The van der Waals surface area contributed by atoms with E-state index >= 15 is 0 Å². The summed E-state index contributed by atoms with van der Waals surface area (Å²) in [4.78, 5) is 9.87. The fourth-order valence-electron chi connectivity index (χ4n) is 3.74. The molecule has 1 aliphatic rings. The third kappa shape index (κ3) is 9.93. The molecule has 0 saturated carbocycles. The van der Waals surface area contributed by atoms with Crippen LogP contribution in [0.15, 0.2) is 29.3 Å². The van der Waals surface area contributed by atoms with E-state index in [2.05, 4.69) is 53.3 Å². The Bertz CT molecular complexity index is 608.